The van der Waals surface area contributed by atoms with Crippen LogP contribution in [0.3, 0.4) is 0 Å². The number of primary amides is 1. The van der Waals surface area contributed by atoms with Gasteiger partial charge >= 0.3 is 5.97 Å². The lowest BCUT2D eigenvalue weighted by atomic mass is 10.0. The topological polar surface area (TPSA) is 89.7 Å². The van der Waals surface area contributed by atoms with Crippen molar-refractivity contribution in [2.45, 2.75) is 36.6 Å². The second-order valence-corrected chi connectivity index (χ2v) is 6.88. The van der Waals surface area contributed by atoms with Gasteiger partial charge < -0.3 is 15.4 Å². The van der Waals surface area contributed by atoms with E-state index < -0.39 is 23.8 Å². The van der Waals surface area contributed by atoms with Crippen LogP contribution < -0.4 is 5.73 Å². The minimum Gasteiger partial charge on any atom is -0.456 e. The zero-order valence-corrected chi connectivity index (χ0v) is 14.6. The Morgan fingerprint density at radius 1 is 1.24 bits per heavy atom. The van der Waals surface area contributed by atoms with Crippen molar-refractivity contribution in [1.29, 1.82) is 0 Å². The number of hydrogen-bond donors (Lipinski definition) is 1. The molecule has 1 aromatic carbocycles. The van der Waals surface area contributed by atoms with Gasteiger partial charge in [0, 0.05) is 17.2 Å². The van der Waals surface area contributed by atoms with E-state index in [1.807, 2.05) is 0 Å². The normalized spacial score (nSPS) is 17.2. The van der Waals surface area contributed by atoms with Crippen LogP contribution in [0.5, 0.6) is 0 Å². The molecule has 1 atom stereocenters. The summed E-state index contributed by atoms with van der Waals surface area (Å²) in [6, 6.07) is 5.36. The number of carbonyl (C=O) groups excluding carboxylic acids is 3. The van der Waals surface area contributed by atoms with E-state index in [9.17, 15) is 18.8 Å². The average molecular weight is 368 g/mol. The second kappa shape index (κ2) is 9.41. The standard InChI is InChI=1S/C17H21FN2O4S/c18-12-4-6-13(7-5-12)25-10-8-16(22)24-11-15(21)20-9-2-1-3-14(20)17(19)23/h4-7,14H,1-3,8-11H2,(H2,19,23)/t14-/m0/s1. The van der Waals surface area contributed by atoms with Crippen LogP contribution in [0.4, 0.5) is 4.39 Å². The summed E-state index contributed by atoms with van der Waals surface area (Å²) in [5.74, 6) is -1.27. The number of esters is 1. The third-order valence-corrected chi connectivity index (χ3v) is 4.91. The SMILES string of the molecule is NC(=O)[C@@H]1CCCCN1C(=O)COC(=O)CCSc1ccc(F)cc1. The summed E-state index contributed by atoms with van der Waals surface area (Å²) in [5, 5.41) is 0. The summed E-state index contributed by atoms with van der Waals surface area (Å²) in [6.45, 7) is 0.0637. The summed E-state index contributed by atoms with van der Waals surface area (Å²) in [7, 11) is 0. The highest BCUT2D eigenvalue weighted by atomic mass is 32.2. The fourth-order valence-corrected chi connectivity index (χ4v) is 3.44. The van der Waals surface area contributed by atoms with Gasteiger partial charge in [-0.25, -0.2) is 4.39 Å². The maximum atomic E-state index is 12.8. The maximum Gasteiger partial charge on any atom is 0.307 e. The molecule has 0 aliphatic carbocycles. The van der Waals surface area contributed by atoms with Crippen molar-refractivity contribution in [2.24, 2.45) is 5.73 Å². The summed E-state index contributed by atoms with van der Waals surface area (Å²) in [6.07, 6.45) is 2.33. The molecule has 1 aliphatic heterocycles. The first kappa shape index (κ1) is 19.2. The van der Waals surface area contributed by atoms with E-state index in [1.54, 1.807) is 12.1 Å². The molecule has 2 N–H and O–H groups in total. The number of amides is 2. The Balaban J connectivity index is 1.70. The third kappa shape index (κ3) is 6.04. The Morgan fingerprint density at radius 3 is 2.64 bits per heavy atom. The molecule has 8 heteroatoms. The molecule has 1 saturated heterocycles. The van der Waals surface area contributed by atoms with Gasteiger partial charge in [0.05, 0.1) is 6.42 Å². The van der Waals surface area contributed by atoms with E-state index in [2.05, 4.69) is 0 Å². The molecule has 136 valence electrons. The third-order valence-electron chi connectivity index (χ3n) is 3.90. The molecule has 0 unspecified atom stereocenters. The maximum absolute atomic E-state index is 12.8. The van der Waals surface area contributed by atoms with Crippen molar-refractivity contribution in [3.05, 3.63) is 30.1 Å². The second-order valence-electron chi connectivity index (χ2n) is 5.71. The number of rotatable bonds is 7. The fourth-order valence-electron chi connectivity index (χ4n) is 2.61. The van der Waals surface area contributed by atoms with Crippen LogP contribution in [0.25, 0.3) is 0 Å². The van der Waals surface area contributed by atoms with E-state index in [1.165, 1.54) is 28.8 Å². The summed E-state index contributed by atoms with van der Waals surface area (Å²) >= 11 is 1.40. The number of thioether (sulfide) groups is 1. The fraction of sp³-hybridized carbons (Fsp3) is 0.471. The molecule has 0 radical (unpaired) electrons. The first-order valence-electron chi connectivity index (χ1n) is 8.10. The number of nitrogens with two attached hydrogens (primary N) is 1. The molecule has 0 spiro atoms. The number of benzene rings is 1. The largest absolute Gasteiger partial charge is 0.456 e. The van der Waals surface area contributed by atoms with Crippen molar-refractivity contribution in [3.63, 3.8) is 0 Å². The molecule has 0 aromatic heterocycles. The Labute approximate surface area is 149 Å². The first-order chi connectivity index (χ1) is 12.0. The zero-order valence-electron chi connectivity index (χ0n) is 13.8. The van der Waals surface area contributed by atoms with E-state index in [0.717, 1.165) is 17.7 Å². The van der Waals surface area contributed by atoms with Crippen molar-refractivity contribution in [1.82, 2.24) is 4.90 Å². The van der Waals surface area contributed by atoms with E-state index >= 15 is 0 Å². The highest BCUT2D eigenvalue weighted by molar-refractivity contribution is 7.99. The van der Waals surface area contributed by atoms with Gasteiger partial charge in [-0.3, -0.25) is 14.4 Å². The van der Waals surface area contributed by atoms with E-state index in [4.69, 9.17) is 10.5 Å². The Hall–Kier alpha value is -2.09. The van der Waals surface area contributed by atoms with Crippen molar-refractivity contribution in [3.8, 4) is 0 Å². The van der Waals surface area contributed by atoms with Crippen LogP contribution in [0.1, 0.15) is 25.7 Å². The monoisotopic (exact) mass is 368 g/mol. The Morgan fingerprint density at radius 2 is 1.96 bits per heavy atom. The van der Waals surface area contributed by atoms with Crippen LogP contribution in [-0.4, -0.2) is 47.6 Å². The summed E-state index contributed by atoms with van der Waals surface area (Å²) in [5.41, 5.74) is 5.31. The van der Waals surface area contributed by atoms with Crippen LogP contribution in [-0.2, 0) is 19.1 Å². The quantitative estimate of drug-likeness (QED) is 0.585. The lowest BCUT2D eigenvalue weighted by molar-refractivity contribution is -0.154. The van der Waals surface area contributed by atoms with Gasteiger partial charge in [0.25, 0.3) is 5.91 Å². The minimum atomic E-state index is -0.617. The van der Waals surface area contributed by atoms with E-state index in [0.29, 0.717) is 18.7 Å². The number of piperidine rings is 1. The van der Waals surface area contributed by atoms with Crippen LogP contribution in [0, 0.1) is 5.82 Å². The van der Waals surface area contributed by atoms with E-state index in [-0.39, 0.29) is 18.8 Å². The minimum absolute atomic E-state index is 0.134. The van der Waals surface area contributed by atoms with Crippen molar-refractivity contribution >= 4 is 29.5 Å². The molecular weight excluding hydrogens is 347 g/mol. The van der Waals surface area contributed by atoms with Gasteiger partial charge in [0.15, 0.2) is 6.61 Å². The number of ether oxygens (including phenoxy) is 1. The van der Waals surface area contributed by atoms with Crippen molar-refractivity contribution < 1.29 is 23.5 Å². The highest BCUT2D eigenvalue weighted by Gasteiger charge is 2.30. The molecule has 2 amide bonds. The number of nitrogens with zero attached hydrogens (tertiary/aromatic N) is 1. The highest BCUT2D eigenvalue weighted by Crippen LogP contribution is 2.19. The lowest BCUT2D eigenvalue weighted by Crippen LogP contribution is -2.51. The molecule has 1 heterocycles. The van der Waals surface area contributed by atoms with Crippen LogP contribution in [0.2, 0.25) is 0 Å². The van der Waals surface area contributed by atoms with Gasteiger partial charge in [0.2, 0.25) is 5.91 Å². The lowest BCUT2D eigenvalue weighted by Gasteiger charge is -2.33. The molecule has 0 saturated carbocycles. The van der Waals surface area contributed by atoms with Crippen LogP contribution in [0.15, 0.2) is 29.2 Å². The molecule has 1 aliphatic rings. The summed E-state index contributed by atoms with van der Waals surface area (Å²) < 4.78 is 17.8. The molecule has 1 fully saturated rings. The van der Waals surface area contributed by atoms with Gasteiger partial charge in [-0.1, -0.05) is 0 Å². The van der Waals surface area contributed by atoms with Gasteiger partial charge in [-0.05, 0) is 43.5 Å². The number of likely N-dealkylation sites (tertiary alicyclic amines) is 1. The van der Waals surface area contributed by atoms with Gasteiger partial charge in [0.1, 0.15) is 11.9 Å². The average Bonchev–Trinajstić information content (AvgIpc) is 2.61. The molecular formula is C17H21FN2O4S. The van der Waals surface area contributed by atoms with Crippen LogP contribution >= 0.6 is 11.8 Å². The number of hydrogen-bond acceptors (Lipinski definition) is 5. The Bertz CT molecular complexity index is 624. The Kier molecular flexibility index (Phi) is 7.24. The van der Waals surface area contributed by atoms with Crippen molar-refractivity contribution in [2.75, 3.05) is 18.9 Å². The zero-order chi connectivity index (χ0) is 18.2. The predicted octanol–water partition coefficient (Wildman–Crippen LogP) is 1.72. The number of carbonyl (C=O) groups is 3. The summed E-state index contributed by atoms with van der Waals surface area (Å²) in [4.78, 5) is 37.5. The molecule has 6 nitrogen and oxygen atoms in total. The molecule has 25 heavy (non-hydrogen) atoms. The number of halogens is 1. The first-order valence-corrected chi connectivity index (χ1v) is 9.08. The predicted molar refractivity (Wildman–Crippen MR) is 91.2 cm³/mol. The smallest absolute Gasteiger partial charge is 0.307 e. The van der Waals surface area contributed by atoms with Gasteiger partial charge in [-0.2, -0.15) is 0 Å². The molecule has 2 rings (SSSR count). The van der Waals surface area contributed by atoms with Gasteiger partial charge in [-0.15, -0.1) is 11.8 Å². The molecule has 0 bridgehead atoms. The molecule has 1 aromatic rings.